The van der Waals surface area contributed by atoms with Gasteiger partial charge in [-0.1, -0.05) is 23.2 Å². The Morgan fingerprint density at radius 2 is 1.95 bits per heavy atom. The highest BCUT2D eigenvalue weighted by Gasteiger charge is 2.19. The first-order valence-corrected chi connectivity index (χ1v) is 8.88. The van der Waals surface area contributed by atoms with Crippen LogP contribution in [0.1, 0.15) is 5.56 Å². The zero-order valence-corrected chi connectivity index (χ0v) is 14.3. The zero-order chi connectivity index (χ0) is 14.2. The Labute approximate surface area is 133 Å². The lowest BCUT2D eigenvalue weighted by Crippen LogP contribution is -2.11. The summed E-state index contributed by atoms with van der Waals surface area (Å²) in [5.74, 6) is 0. The Morgan fingerprint density at radius 3 is 2.53 bits per heavy atom. The third kappa shape index (κ3) is 3.44. The molecule has 0 atom stereocenters. The highest BCUT2D eigenvalue weighted by molar-refractivity contribution is 9.10. The molecular weight excluding hydrogens is 393 g/mol. The van der Waals surface area contributed by atoms with Crippen LogP contribution < -0.4 is 4.72 Å². The summed E-state index contributed by atoms with van der Waals surface area (Å²) in [4.78, 5) is 0. The molecule has 1 N–H and O–H groups in total. The van der Waals surface area contributed by atoms with Gasteiger partial charge in [-0.15, -0.1) is 11.3 Å². The number of aryl methyl sites for hydroxylation is 1. The first-order valence-electron chi connectivity index (χ1n) is 5.03. The summed E-state index contributed by atoms with van der Waals surface area (Å²) >= 11 is 16.0. The van der Waals surface area contributed by atoms with Gasteiger partial charge in [-0.2, -0.15) is 0 Å². The molecule has 0 aliphatic rings. The summed E-state index contributed by atoms with van der Waals surface area (Å²) in [6, 6.07) is 6.40. The highest BCUT2D eigenvalue weighted by Crippen LogP contribution is 2.33. The van der Waals surface area contributed by atoms with Crippen LogP contribution in [0.3, 0.4) is 0 Å². The second kappa shape index (κ2) is 5.61. The lowest BCUT2D eigenvalue weighted by atomic mass is 10.3. The van der Waals surface area contributed by atoms with E-state index >= 15 is 0 Å². The molecule has 1 aromatic heterocycles. The van der Waals surface area contributed by atoms with Gasteiger partial charge in [0.2, 0.25) is 0 Å². The molecule has 0 amide bonds. The lowest BCUT2D eigenvalue weighted by Gasteiger charge is -2.08. The molecule has 102 valence electrons. The van der Waals surface area contributed by atoms with Crippen LogP contribution in [0.25, 0.3) is 0 Å². The molecule has 0 fully saturated rings. The van der Waals surface area contributed by atoms with Gasteiger partial charge in [0, 0.05) is 9.50 Å². The van der Waals surface area contributed by atoms with Crippen LogP contribution in [0.2, 0.25) is 9.36 Å². The van der Waals surface area contributed by atoms with Crippen molar-refractivity contribution in [3.05, 3.63) is 43.7 Å². The molecule has 0 saturated carbocycles. The Balaban J connectivity index is 2.39. The summed E-state index contributed by atoms with van der Waals surface area (Å²) < 4.78 is 28.1. The molecular formula is C11H8BrCl2NO2S2. The summed E-state index contributed by atoms with van der Waals surface area (Å²) in [6.45, 7) is 1.76. The van der Waals surface area contributed by atoms with Crippen molar-refractivity contribution in [1.29, 1.82) is 0 Å². The molecule has 0 aliphatic carbocycles. The minimum atomic E-state index is -3.66. The largest absolute Gasteiger partial charge is 0.278 e. The number of thiophene rings is 1. The monoisotopic (exact) mass is 399 g/mol. The van der Waals surface area contributed by atoms with Gasteiger partial charge < -0.3 is 0 Å². The molecule has 1 aromatic carbocycles. The average Bonchev–Trinajstić information content (AvgIpc) is 2.65. The number of halogens is 3. The van der Waals surface area contributed by atoms with Crippen molar-refractivity contribution < 1.29 is 8.42 Å². The zero-order valence-electron chi connectivity index (χ0n) is 9.58. The van der Waals surface area contributed by atoms with Crippen LogP contribution in [-0.4, -0.2) is 8.42 Å². The first-order chi connectivity index (χ1) is 8.79. The molecule has 0 spiro atoms. The smallest absolute Gasteiger partial charge is 0.271 e. The van der Waals surface area contributed by atoms with Crippen molar-refractivity contribution in [1.82, 2.24) is 0 Å². The van der Waals surface area contributed by atoms with Crippen molar-refractivity contribution in [3.8, 4) is 0 Å². The van der Waals surface area contributed by atoms with Gasteiger partial charge in [-0.05, 0) is 52.7 Å². The molecule has 19 heavy (non-hydrogen) atoms. The molecule has 0 saturated heterocycles. The molecule has 2 aromatic rings. The third-order valence-corrected chi connectivity index (χ3v) is 6.59. The summed E-state index contributed by atoms with van der Waals surface area (Å²) in [5.41, 5.74) is 1.12. The predicted octanol–water partition coefficient (Wildman–Crippen LogP) is 4.93. The molecule has 0 radical (unpaired) electrons. The van der Waals surface area contributed by atoms with Crippen molar-refractivity contribution in [2.24, 2.45) is 0 Å². The van der Waals surface area contributed by atoms with Crippen LogP contribution in [-0.2, 0) is 10.0 Å². The molecule has 0 bridgehead atoms. The number of nitrogens with one attached hydrogen (secondary N) is 1. The Hall–Kier alpha value is -0.270. The summed E-state index contributed by atoms with van der Waals surface area (Å²) in [6.07, 6.45) is 0. The number of hydrogen-bond donors (Lipinski definition) is 1. The van der Waals surface area contributed by atoms with Gasteiger partial charge in [0.1, 0.15) is 4.21 Å². The lowest BCUT2D eigenvalue weighted by molar-refractivity contribution is 0.603. The summed E-state index contributed by atoms with van der Waals surface area (Å²) in [7, 11) is -3.66. The fourth-order valence-corrected chi connectivity index (χ4v) is 4.76. The molecule has 0 unspecified atom stereocenters. The maximum absolute atomic E-state index is 12.2. The van der Waals surface area contributed by atoms with Crippen LogP contribution in [0.5, 0.6) is 0 Å². The first kappa shape index (κ1) is 15.1. The van der Waals surface area contributed by atoms with E-state index in [9.17, 15) is 8.42 Å². The predicted molar refractivity (Wildman–Crippen MR) is 84.0 cm³/mol. The van der Waals surface area contributed by atoms with E-state index in [0.717, 1.165) is 16.9 Å². The van der Waals surface area contributed by atoms with Gasteiger partial charge in [-0.3, -0.25) is 4.72 Å². The second-order valence-corrected chi connectivity index (χ2v) is 8.61. The normalized spacial score (nSPS) is 11.6. The van der Waals surface area contributed by atoms with Gasteiger partial charge >= 0.3 is 0 Å². The van der Waals surface area contributed by atoms with E-state index in [4.69, 9.17) is 23.2 Å². The minimum absolute atomic E-state index is 0.168. The fraction of sp³-hybridized carbons (Fsp3) is 0.0909. The molecule has 2 rings (SSSR count). The summed E-state index contributed by atoms with van der Waals surface area (Å²) in [5, 5.41) is 0.446. The van der Waals surface area contributed by atoms with Crippen molar-refractivity contribution in [3.63, 3.8) is 0 Å². The maximum Gasteiger partial charge on any atom is 0.271 e. The fourth-order valence-electron chi connectivity index (χ4n) is 1.33. The Kier molecular flexibility index (Phi) is 4.47. The standard InChI is InChI=1S/C11H8BrCl2NO2S2/c1-6-4-10(18-11(6)14)19(16,17)15-9-5-7(13)2-3-8(9)12/h2-5,15H,1H3. The van der Waals surface area contributed by atoms with E-state index in [0.29, 0.717) is 19.5 Å². The number of benzene rings is 1. The van der Waals surface area contributed by atoms with Crippen LogP contribution >= 0.6 is 50.5 Å². The van der Waals surface area contributed by atoms with Crippen LogP contribution in [0.15, 0.2) is 32.9 Å². The average molecular weight is 401 g/mol. The number of rotatable bonds is 3. The molecule has 1 heterocycles. The van der Waals surface area contributed by atoms with Crippen molar-refractivity contribution in [2.75, 3.05) is 4.72 Å². The van der Waals surface area contributed by atoms with E-state index in [-0.39, 0.29) is 4.21 Å². The number of hydrogen-bond acceptors (Lipinski definition) is 3. The minimum Gasteiger partial charge on any atom is -0.278 e. The van der Waals surface area contributed by atoms with Crippen molar-refractivity contribution in [2.45, 2.75) is 11.1 Å². The Bertz CT molecular complexity index is 709. The molecule has 3 nitrogen and oxygen atoms in total. The van der Waals surface area contributed by atoms with E-state index in [1.54, 1.807) is 19.1 Å². The van der Waals surface area contributed by atoms with Gasteiger partial charge in [0.25, 0.3) is 10.0 Å². The Morgan fingerprint density at radius 1 is 1.26 bits per heavy atom. The molecule has 8 heteroatoms. The quantitative estimate of drug-likeness (QED) is 0.793. The van der Waals surface area contributed by atoms with E-state index in [2.05, 4.69) is 20.7 Å². The van der Waals surface area contributed by atoms with E-state index < -0.39 is 10.0 Å². The highest BCUT2D eigenvalue weighted by atomic mass is 79.9. The topological polar surface area (TPSA) is 46.2 Å². The van der Waals surface area contributed by atoms with E-state index in [1.807, 2.05) is 0 Å². The maximum atomic E-state index is 12.2. The molecule has 0 aliphatic heterocycles. The van der Waals surface area contributed by atoms with Gasteiger partial charge in [-0.25, -0.2) is 8.42 Å². The second-order valence-electron chi connectivity index (χ2n) is 3.75. The van der Waals surface area contributed by atoms with Gasteiger partial charge in [0.15, 0.2) is 0 Å². The number of sulfonamides is 1. The SMILES string of the molecule is Cc1cc(S(=O)(=O)Nc2cc(Cl)ccc2Br)sc1Cl. The number of anilines is 1. The third-order valence-electron chi connectivity index (χ3n) is 2.27. The van der Waals surface area contributed by atoms with Crippen LogP contribution in [0.4, 0.5) is 5.69 Å². The van der Waals surface area contributed by atoms with Gasteiger partial charge in [0.05, 0.1) is 10.0 Å². The van der Waals surface area contributed by atoms with Crippen LogP contribution in [0, 0.1) is 6.92 Å². The van der Waals surface area contributed by atoms with Crippen molar-refractivity contribution >= 4 is 66.2 Å². The van der Waals surface area contributed by atoms with E-state index in [1.165, 1.54) is 12.1 Å².